The first kappa shape index (κ1) is 23.9. The topological polar surface area (TPSA) is 106 Å². The predicted molar refractivity (Wildman–Crippen MR) is 135 cm³/mol. The van der Waals surface area contributed by atoms with Gasteiger partial charge in [0.25, 0.3) is 0 Å². The van der Waals surface area contributed by atoms with Crippen LogP contribution in [0, 0.1) is 5.82 Å². The zero-order valence-corrected chi connectivity index (χ0v) is 20.5. The summed E-state index contributed by atoms with van der Waals surface area (Å²) < 4.78 is 13.9. The average Bonchev–Trinajstić information content (AvgIpc) is 3.60. The maximum absolute atomic E-state index is 13.9. The number of aromatic nitrogens is 3. The van der Waals surface area contributed by atoms with E-state index in [1.165, 1.54) is 12.1 Å². The molecular weight excluding hydrogens is 461 g/mol. The van der Waals surface area contributed by atoms with Gasteiger partial charge in [0.2, 0.25) is 17.8 Å². The lowest BCUT2D eigenvalue weighted by Gasteiger charge is -2.31. The molecule has 1 fully saturated rings. The molecular formula is C26H30FN7O2. The number of H-pyrrole nitrogens is 1. The summed E-state index contributed by atoms with van der Waals surface area (Å²) in [5.41, 5.74) is 2.52. The predicted octanol–water partition coefficient (Wildman–Crippen LogP) is 2.43. The Morgan fingerprint density at radius 3 is 2.78 bits per heavy atom. The standard InChI is InChI=1S/C26H30FN7O2/c1-4-20(32-24(35)15(2)28-3)25(36)33-11-8-22-23(33)19(14-34(22)26-29-9-5-10-30-26)18-13-31-21-12-16(27)6-7-17(18)21/h5-7,9-10,12-15,20,22-23,28,31H,4,8,11H2,1-3H3,(H,32,35). The Morgan fingerprint density at radius 2 is 2.06 bits per heavy atom. The molecule has 0 saturated carbocycles. The second-order valence-corrected chi connectivity index (χ2v) is 9.25. The van der Waals surface area contributed by atoms with E-state index in [0.29, 0.717) is 24.4 Å². The highest BCUT2D eigenvalue weighted by atomic mass is 19.1. The summed E-state index contributed by atoms with van der Waals surface area (Å²) in [5, 5.41) is 6.69. The summed E-state index contributed by atoms with van der Waals surface area (Å²) in [6.45, 7) is 4.19. The van der Waals surface area contributed by atoms with Gasteiger partial charge in [0.15, 0.2) is 0 Å². The number of likely N-dealkylation sites (N-methyl/N-ethyl adjacent to an activating group) is 1. The first-order valence-electron chi connectivity index (χ1n) is 12.2. The monoisotopic (exact) mass is 491 g/mol. The second-order valence-electron chi connectivity index (χ2n) is 9.25. The van der Waals surface area contributed by atoms with Crippen LogP contribution in [0.1, 0.15) is 32.3 Å². The molecule has 2 aromatic heterocycles. The van der Waals surface area contributed by atoms with Gasteiger partial charge in [0, 0.05) is 53.4 Å². The van der Waals surface area contributed by atoms with Crippen molar-refractivity contribution in [1.29, 1.82) is 0 Å². The number of likely N-dealkylation sites (tertiary alicyclic amines) is 1. The molecule has 1 saturated heterocycles. The first-order valence-corrected chi connectivity index (χ1v) is 12.2. The number of nitrogens with zero attached hydrogens (tertiary/aromatic N) is 4. The molecule has 1 aromatic carbocycles. The molecule has 0 aliphatic carbocycles. The van der Waals surface area contributed by atoms with Crippen LogP contribution in [0.25, 0.3) is 16.5 Å². The number of rotatable bonds is 7. The Labute approximate surface area is 208 Å². The van der Waals surface area contributed by atoms with Crippen molar-refractivity contribution in [3.63, 3.8) is 0 Å². The fraction of sp³-hybridized carbons (Fsp3) is 0.385. The molecule has 0 radical (unpaired) electrons. The molecule has 3 N–H and O–H groups in total. The third kappa shape index (κ3) is 4.11. The molecule has 2 aliphatic heterocycles. The van der Waals surface area contributed by atoms with E-state index in [9.17, 15) is 14.0 Å². The van der Waals surface area contributed by atoms with Crippen molar-refractivity contribution in [3.8, 4) is 0 Å². The largest absolute Gasteiger partial charge is 0.360 e. The van der Waals surface area contributed by atoms with Crippen LogP contribution >= 0.6 is 0 Å². The first-order chi connectivity index (χ1) is 17.4. The zero-order chi connectivity index (χ0) is 25.4. The molecule has 3 aromatic rings. The Morgan fingerprint density at radius 1 is 1.28 bits per heavy atom. The van der Waals surface area contributed by atoms with Gasteiger partial charge in [0.1, 0.15) is 11.9 Å². The maximum Gasteiger partial charge on any atom is 0.245 e. The number of carbonyl (C=O) groups is 2. The van der Waals surface area contributed by atoms with Crippen molar-refractivity contribution in [3.05, 3.63) is 60.4 Å². The number of halogens is 1. The van der Waals surface area contributed by atoms with Gasteiger partial charge in [-0.15, -0.1) is 0 Å². The highest BCUT2D eigenvalue weighted by Crippen LogP contribution is 2.43. The Balaban J connectivity index is 1.52. The smallest absolute Gasteiger partial charge is 0.245 e. The molecule has 0 bridgehead atoms. The molecule has 10 heteroatoms. The van der Waals surface area contributed by atoms with Crippen LogP contribution in [0.15, 0.2) is 49.1 Å². The van der Waals surface area contributed by atoms with E-state index < -0.39 is 12.1 Å². The fourth-order valence-electron chi connectivity index (χ4n) is 5.17. The van der Waals surface area contributed by atoms with Gasteiger partial charge in [-0.2, -0.15) is 0 Å². The van der Waals surface area contributed by atoms with E-state index >= 15 is 0 Å². The van der Waals surface area contributed by atoms with Crippen molar-refractivity contribution in [1.82, 2.24) is 30.5 Å². The highest BCUT2D eigenvalue weighted by Gasteiger charge is 2.48. The highest BCUT2D eigenvalue weighted by molar-refractivity contribution is 5.98. The molecule has 2 aliphatic rings. The van der Waals surface area contributed by atoms with Gasteiger partial charge >= 0.3 is 0 Å². The average molecular weight is 492 g/mol. The summed E-state index contributed by atoms with van der Waals surface area (Å²) in [5.74, 6) is -0.0859. The summed E-state index contributed by atoms with van der Waals surface area (Å²) in [4.78, 5) is 42.3. The molecule has 36 heavy (non-hydrogen) atoms. The van der Waals surface area contributed by atoms with E-state index in [1.807, 2.05) is 29.1 Å². The number of benzene rings is 1. The van der Waals surface area contributed by atoms with E-state index in [-0.39, 0.29) is 29.7 Å². The van der Waals surface area contributed by atoms with Crippen molar-refractivity contribution < 1.29 is 14.0 Å². The molecule has 5 rings (SSSR count). The Bertz CT molecular complexity index is 1310. The minimum absolute atomic E-state index is 0.0545. The fourth-order valence-corrected chi connectivity index (χ4v) is 5.17. The Kier molecular flexibility index (Phi) is 6.44. The maximum atomic E-state index is 13.9. The van der Waals surface area contributed by atoms with Crippen LogP contribution in [-0.4, -0.2) is 69.4 Å². The van der Waals surface area contributed by atoms with Crippen LogP contribution in [0.4, 0.5) is 10.3 Å². The second kappa shape index (κ2) is 9.69. The summed E-state index contributed by atoms with van der Waals surface area (Å²) in [6, 6.07) is 5.06. The molecule has 9 nitrogen and oxygen atoms in total. The van der Waals surface area contributed by atoms with Crippen LogP contribution in [-0.2, 0) is 9.59 Å². The minimum Gasteiger partial charge on any atom is -0.360 e. The summed E-state index contributed by atoms with van der Waals surface area (Å²) >= 11 is 0. The molecule has 0 spiro atoms. The molecule has 4 atom stereocenters. The van der Waals surface area contributed by atoms with Crippen molar-refractivity contribution >= 4 is 34.2 Å². The van der Waals surface area contributed by atoms with Gasteiger partial charge in [-0.05, 0) is 51.1 Å². The van der Waals surface area contributed by atoms with Gasteiger partial charge in [0.05, 0.1) is 18.1 Å². The number of hydrogen-bond donors (Lipinski definition) is 3. The minimum atomic E-state index is -0.632. The number of anilines is 1. The lowest BCUT2D eigenvalue weighted by molar-refractivity contribution is -0.136. The number of amides is 2. The molecule has 188 valence electrons. The number of aromatic amines is 1. The van der Waals surface area contributed by atoms with Crippen LogP contribution in [0.3, 0.4) is 0 Å². The number of carbonyl (C=O) groups excluding carboxylic acids is 2. The Hall–Kier alpha value is -3.79. The summed E-state index contributed by atoms with van der Waals surface area (Å²) in [7, 11) is 1.71. The van der Waals surface area contributed by atoms with E-state index in [4.69, 9.17) is 0 Å². The molecule has 4 heterocycles. The van der Waals surface area contributed by atoms with E-state index in [0.717, 1.165) is 22.9 Å². The van der Waals surface area contributed by atoms with Gasteiger partial charge < -0.3 is 25.4 Å². The number of fused-ring (bicyclic) bond motifs is 2. The third-order valence-corrected chi connectivity index (χ3v) is 7.19. The van der Waals surface area contributed by atoms with Gasteiger partial charge in [-0.3, -0.25) is 9.59 Å². The van der Waals surface area contributed by atoms with Gasteiger partial charge in [-0.25, -0.2) is 14.4 Å². The van der Waals surface area contributed by atoms with Crippen LogP contribution < -0.4 is 15.5 Å². The van der Waals surface area contributed by atoms with E-state index in [1.54, 1.807) is 38.5 Å². The van der Waals surface area contributed by atoms with E-state index in [2.05, 4.69) is 25.6 Å². The molecule has 4 unspecified atom stereocenters. The normalized spacial score (nSPS) is 20.8. The van der Waals surface area contributed by atoms with Crippen molar-refractivity contribution in [2.45, 2.75) is 50.9 Å². The quantitative estimate of drug-likeness (QED) is 0.469. The van der Waals surface area contributed by atoms with Crippen LogP contribution in [0.5, 0.6) is 0 Å². The lowest BCUT2D eigenvalue weighted by atomic mass is 9.96. The molecule has 2 amide bonds. The zero-order valence-electron chi connectivity index (χ0n) is 20.5. The van der Waals surface area contributed by atoms with Gasteiger partial charge in [-0.1, -0.05) is 6.92 Å². The van der Waals surface area contributed by atoms with Crippen molar-refractivity contribution in [2.75, 3.05) is 18.5 Å². The summed E-state index contributed by atoms with van der Waals surface area (Å²) in [6.07, 6.45) is 8.45. The lowest BCUT2D eigenvalue weighted by Crippen LogP contribution is -2.54. The van der Waals surface area contributed by atoms with Crippen LogP contribution in [0.2, 0.25) is 0 Å². The number of nitrogens with one attached hydrogen (secondary N) is 3. The number of hydrogen-bond acceptors (Lipinski definition) is 6. The SMILES string of the molecule is CCC(NC(=O)C(C)NC)C(=O)N1CCC2C1C(c1c[nH]c3cc(F)ccc13)=CN2c1ncccn1. The third-order valence-electron chi connectivity index (χ3n) is 7.19. The van der Waals surface area contributed by atoms with Crippen molar-refractivity contribution in [2.24, 2.45) is 0 Å².